The van der Waals surface area contributed by atoms with Crippen molar-refractivity contribution in [1.29, 1.82) is 0 Å². The first kappa shape index (κ1) is 16.5. The Hall–Kier alpha value is -1.31. The largest absolute Gasteiger partial charge is 0.497 e. The molecule has 6 nitrogen and oxygen atoms in total. The van der Waals surface area contributed by atoms with E-state index < -0.39 is 10.2 Å². The van der Waals surface area contributed by atoms with Crippen LogP contribution in [0.3, 0.4) is 0 Å². The maximum atomic E-state index is 12.6. The molecule has 2 unspecified atom stereocenters. The summed E-state index contributed by atoms with van der Waals surface area (Å²) in [7, 11) is 1.39. The highest BCUT2D eigenvalue weighted by Crippen LogP contribution is 2.44. The van der Waals surface area contributed by atoms with Crippen LogP contribution in [0.25, 0.3) is 0 Å². The summed E-state index contributed by atoms with van der Waals surface area (Å²) < 4.78 is 39.2. The lowest BCUT2D eigenvalue weighted by molar-refractivity contribution is 0.157. The van der Waals surface area contributed by atoms with Crippen LogP contribution in [-0.2, 0) is 10.2 Å². The predicted octanol–water partition coefficient (Wildman–Crippen LogP) is 1.73. The van der Waals surface area contributed by atoms with E-state index in [4.69, 9.17) is 9.47 Å². The van der Waals surface area contributed by atoms with Gasteiger partial charge in [-0.1, -0.05) is 0 Å². The van der Waals surface area contributed by atoms with Gasteiger partial charge in [-0.25, -0.2) is 0 Å². The van der Waals surface area contributed by atoms with E-state index in [-0.39, 0.29) is 12.1 Å². The van der Waals surface area contributed by atoms with Gasteiger partial charge in [0.15, 0.2) is 0 Å². The number of ether oxygens (including phenoxy) is 2. The minimum atomic E-state index is -3.41. The molecule has 0 spiro atoms. The topological polar surface area (TPSA) is 59.1 Å². The van der Waals surface area contributed by atoms with E-state index in [2.05, 4.69) is 0 Å². The fraction of sp³-hybridized carbons (Fsp3) is 0.625. The first-order chi connectivity index (χ1) is 10.9. The van der Waals surface area contributed by atoms with Crippen molar-refractivity contribution in [2.75, 3.05) is 27.8 Å². The Labute approximate surface area is 138 Å². The molecule has 2 bridgehead atoms. The van der Waals surface area contributed by atoms with Gasteiger partial charge >= 0.3 is 0 Å². The fourth-order valence-electron chi connectivity index (χ4n) is 3.66. The Balaban J connectivity index is 1.72. The third-order valence-corrected chi connectivity index (χ3v) is 6.91. The van der Waals surface area contributed by atoms with E-state index in [0.29, 0.717) is 12.5 Å². The summed E-state index contributed by atoms with van der Waals surface area (Å²) in [5, 5.41) is 0. The standard InChI is InChI=1S/C16H24N2O4S/c1-17(2)23(19,20)18-13-5-4-12(10-13)16(18)11-22-15-8-6-14(21-3)7-9-15/h6-9,12-13,16H,4-5,10-11H2,1-3H3/t12?,13?,16-/m0/s1. The third-order valence-electron chi connectivity index (χ3n) is 4.88. The van der Waals surface area contributed by atoms with Gasteiger partial charge in [-0.3, -0.25) is 0 Å². The zero-order chi connectivity index (χ0) is 16.6. The minimum absolute atomic E-state index is 0.0803. The van der Waals surface area contributed by atoms with Crippen LogP contribution in [0.1, 0.15) is 19.3 Å². The number of hydrogen-bond donors (Lipinski definition) is 0. The van der Waals surface area contributed by atoms with Crippen molar-refractivity contribution in [3.05, 3.63) is 24.3 Å². The van der Waals surface area contributed by atoms with Crippen LogP contribution in [0.15, 0.2) is 24.3 Å². The molecule has 0 amide bonds. The van der Waals surface area contributed by atoms with E-state index in [1.165, 1.54) is 4.31 Å². The maximum Gasteiger partial charge on any atom is 0.282 e. The molecule has 1 aliphatic carbocycles. The highest BCUT2D eigenvalue weighted by atomic mass is 32.2. The smallest absolute Gasteiger partial charge is 0.282 e. The first-order valence-electron chi connectivity index (χ1n) is 7.91. The number of nitrogens with zero attached hydrogens (tertiary/aromatic N) is 2. The number of methoxy groups -OCH3 is 1. The quantitative estimate of drug-likeness (QED) is 0.791. The van der Waals surface area contributed by atoms with Crippen LogP contribution in [0.2, 0.25) is 0 Å². The van der Waals surface area contributed by atoms with Crippen LogP contribution in [0.5, 0.6) is 11.5 Å². The Morgan fingerprint density at radius 3 is 2.43 bits per heavy atom. The number of fused-ring (bicyclic) bond motifs is 2. The Morgan fingerprint density at radius 2 is 1.83 bits per heavy atom. The van der Waals surface area contributed by atoms with Crippen molar-refractivity contribution in [2.24, 2.45) is 5.92 Å². The van der Waals surface area contributed by atoms with Gasteiger partial charge in [-0.2, -0.15) is 17.0 Å². The average Bonchev–Trinajstić information content (AvgIpc) is 3.14. The Bertz CT molecular complexity index is 645. The molecule has 1 aromatic carbocycles. The second kappa shape index (κ2) is 6.30. The minimum Gasteiger partial charge on any atom is -0.497 e. The zero-order valence-corrected chi connectivity index (χ0v) is 14.6. The molecule has 1 saturated carbocycles. The summed E-state index contributed by atoms with van der Waals surface area (Å²) in [5.74, 6) is 1.90. The van der Waals surface area contributed by atoms with Gasteiger partial charge in [-0.05, 0) is 49.4 Å². The van der Waals surface area contributed by atoms with Gasteiger partial charge in [0.2, 0.25) is 0 Å². The molecule has 3 atom stereocenters. The van der Waals surface area contributed by atoms with Crippen LogP contribution in [0.4, 0.5) is 0 Å². The Morgan fingerprint density at radius 1 is 1.17 bits per heavy atom. The molecule has 7 heteroatoms. The molecular formula is C16H24N2O4S. The monoisotopic (exact) mass is 340 g/mol. The summed E-state index contributed by atoms with van der Waals surface area (Å²) in [5.41, 5.74) is 0. The zero-order valence-electron chi connectivity index (χ0n) is 13.8. The fourth-order valence-corrected chi connectivity index (χ4v) is 5.18. The SMILES string of the molecule is COc1ccc(OC[C@H]2C3CCC(C3)N2S(=O)(=O)N(C)C)cc1. The third kappa shape index (κ3) is 3.05. The molecule has 0 aromatic heterocycles. The molecule has 2 aliphatic rings. The van der Waals surface area contributed by atoms with E-state index >= 15 is 0 Å². The maximum absolute atomic E-state index is 12.6. The normalized spacial score (nSPS) is 27.6. The van der Waals surface area contributed by atoms with Gasteiger partial charge in [0, 0.05) is 20.1 Å². The summed E-state index contributed by atoms with van der Waals surface area (Å²) in [6, 6.07) is 7.41. The summed E-state index contributed by atoms with van der Waals surface area (Å²) in [6.07, 6.45) is 2.99. The first-order valence-corrected chi connectivity index (χ1v) is 9.31. The summed E-state index contributed by atoms with van der Waals surface area (Å²) in [4.78, 5) is 0. The van der Waals surface area contributed by atoms with Crippen molar-refractivity contribution in [3.8, 4) is 11.5 Å². The number of benzene rings is 1. The Kier molecular flexibility index (Phi) is 4.53. The van der Waals surface area contributed by atoms with Crippen molar-refractivity contribution in [3.63, 3.8) is 0 Å². The number of rotatable bonds is 6. The lowest BCUT2D eigenvalue weighted by Crippen LogP contribution is -2.51. The molecule has 23 heavy (non-hydrogen) atoms. The van der Waals surface area contributed by atoms with Crippen molar-refractivity contribution >= 4 is 10.2 Å². The molecule has 1 aromatic rings. The predicted molar refractivity (Wildman–Crippen MR) is 87.9 cm³/mol. The van der Waals surface area contributed by atoms with Gasteiger partial charge in [0.1, 0.15) is 18.1 Å². The molecule has 2 fully saturated rings. The van der Waals surface area contributed by atoms with E-state index in [0.717, 1.165) is 30.8 Å². The lowest BCUT2D eigenvalue weighted by atomic mass is 10.0. The van der Waals surface area contributed by atoms with Gasteiger partial charge < -0.3 is 9.47 Å². The summed E-state index contributed by atoms with van der Waals surface area (Å²) in [6.45, 7) is 0.389. The molecule has 0 radical (unpaired) electrons. The van der Waals surface area contributed by atoms with Crippen molar-refractivity contribution in [1.82, 2.24) is 8.61 Å². The lowest BCUT2D eigenvalue weighted by Gasteiger charge is -2.35. The molecule has 1 saturated heterocycles. The van der Waals surface area contributed by atoms with Crippen LogP contribution in [-0.4, -0.2) is 56.9 Å². The second-order valence-corrected chi connectivity index (χ2v) is 8.45. The number of hydrogen-bond acceptors (Lipinski definition) is 4. The molecular weight excluding hydrogens is 316 g/mol. The van der Waals surface area contributed by atoms with E-state index in [9.17, 15) is 8.42 Å². The molecule has 3 rings (SSSR count). The highest BCUT2D eigenvalue weighted by molar-refractivity contribution is 7.86. The van der Waals surface area contributed by atoms with Gasteiger partial charge in [-0.15, -0.1) is 0 Å². The molecule has 128 valence electrons. The average molecular weight is 340 g/mol. The van der Waals surface area contributed by atoms with E-state index in [1.807, 2.05) is 24.3 Å². The van der Waals surface area contributed by atoms with Crippen LogP contribution < -0.4 is 9.47 Å². The molecule has 0 N–H and O–H groups in total. The highest BCUT2D eigenvalue weighted by Gasteiger charge is 2.51. The second-order valence-electron chi connectivity index (χ2n) is 6.40. The van der Waals surface area contributed by atoms with Crippen molar-refractivity contribution in [2.45, 2.75) is 31.3 Å². The van der Waals surface area contributed by atoms with Crippen LogP contribution >= 0.6 is 0 Å². The summed E-state index contributed by atoms with van der Waals surface area (Å²) >= 11 is 0. The van der Waals surface area contributed by atoms with Crippen molar-refractivity contribution < 1.29 is 17.9 Å². The number of piperidine rings is 1. The van der Waals surface area contributed by atoms with Crippen LogP contribution in [0, 0.1) is 5.92 Å². The van der Waals surface area contributed by atoms with Gasteiger partial charge in [0.25, 0.3) is 10.2 Å². The molecule has 1 heterocycles. The molecule has 1 aliphatic heterocycles. The van der Waals surface area contributed by atoms with Gasteiger partial charge in [0.05, 0.1) is 13.2 Å². The van der Waals surface area contributed by atoms with E-state index in [1.54, 1.807) is 25.5 Å².